The number of likely N-dealkylation sites (N-methyl/N-ethyl adjacent to an activating group) is 1. The highest BCUT2D eigenvalue weighted by atomic mass is 16.2. The van der Waals surface area contributed by atoms with E-state index in [0.717, 1.165) is 51.5 Å². The molecule has 0 aromatic carbocycles. The van der Waals surface area contributed by atoms with E-state index in [4.69, 9.17) is 0 Å². The van der Waals surface area contributed by atoms with Crippen LogP contribution in [-0.4, -0.2) is 64.9 Å². The molecule has 1 aromatic heterocycles. The Bertz CT molecular complexity index is 454. The molecule has 0 bridgehead atoms. The molecule has 1 amide bonds. The van der Waals surface area contributed by atoms with Gasteiger partial charge in [0, 0.05) is 32.7 Å². The third-order valence-electron chi connectivity index (χ3n) is 4.06. The van der Waals surface area contributed by atoms with Crippen molar-refractivity contribution in [3.63, 3.8) is 0 Å². The second-order valence-corrected chi connectivity index (χ2v) is 5.65. The number of unbranched alkanes of at least 4 members (excludes halogenated alkanes) is 2. The molecular weight excluding hydrogens is 278 g/mol. The highest BCUT2D eigenvalue weighted by Crippen LogP contribution is 2.08. The van der Waals surface area contributed by atoms with Crippen molar-refractivity contribution >= 4 is 11.7 Å². The van der Waals surface area contributed by atoms with Crippen LogP contribution in [0.3, 0.4) is 0 Å². The summed E-state index contributed by atoms with van der Waals surface area (Å²) in [6.07, 6.45) is 6.77. The number of carbonyl (C=O) groups is 1. The normalized spacial score (nSPS) is 15.8. The Morgan fingerprint density at radius 3 is 2.50 bits per heavy atom. The van der Waals surface area contributed by atoms with Crippen molar-refractivity contribution < 1.29 is 4.79 Å². The van der Waals surface area contributed by atoms with Crippen LogP contribution in [0.1, 0.15) is 43.6 Å². The molecule has 0 aliphatic carbocycles. The van der Waals surface area contributed by atoms with Crippen molar-refractivity contribution in [3.8, 4) is 0 Å². The summed E-state index contributed by atoms with van der Waals surface area (Å²) in [6, 6.07) is 0. The molecule has 22 heavy (non-hydrogen) atoms. The van der Waals surface area contributed by atoms with E-state index in [1.807, 2.05) is 4.90 Å². The standard InChI is InChI=1S/C16H27N5O/c1-3-5-6-7-17-15-13-18-14(12-19-15)16(22)21-10-8-20(4-2)9-11-21/h12-13H,3-11H2,1-2H3,(H,17,19). The number of amides is 1. The molecule has 1 aromatic rings. The Hall–Kier alpha value is -1.69. The Morgan fingerprint density at radius 1 is 1.14 bits per heavy atom. The topological polar surface area (TPSA) is 61.4 Å². The Labute approximate surface area is 132 Å². The Morgan fingerprint density at radius 2 is 1.91 bits per heavy atom. The van der Waals surface area contributed by atoms with Gasteiger partial charge < -0.3 is 15.1 Å². The molecule has 6 nitrogen and oxygen atoms in total. The van der Waals surface area contributed by atoms with E-state index < -0.39 is 0 Å². The van der Waals surface area contributed by atoms with Crippen LogP contribution in [-0.2, 0) is 0 Å². The van der Waals surface area contributed by atoms with Gasteiger partial charge in [0.1, 0.15) is 11.5 Å². The maximum absolute atomic E-state index is 12.4. The van der Waals surface area contributed by atoms with Crippen LogP contribution in [0.2, 0.25) is 0 Å². The number of aromatic nitrogens is 2. The first-order chi connectivity index (χ1) is 10.7. The third kappa shape index (κ3) is 4.66. The number of nitrogens with one attached hydrogen (secondary N) is 1. The van der Waals surface area contributed by atoms with Crippen molar-refractivity contribution in [1.82, 2.24) is 19.8 Å². The molecule has 1 aliphatic heterocycles. The second-order valence-electron chi connectivity index (χ2n) is 5.65. The largest absolute Gasteiger partial charge is 0.369 e. The maximum atomic E-state index is 12.4. The average molecular weight is 305 g/mol. The van der Waals surface area contributed by atoms with Crippen LogP contribution in [0.15, 0.2) is 12.4 Å². The Balaban J connectivity index is 1.83. The summed E-state index contributed by atoms with van der Waals surface area (Å²) in [5.74, 6) is 0.726. The third-order valence-corrected chi connectivity index (χ3v) is 4.06. The molecule has 1 aliphatic rings. The van der Waals surface area contributed by atoms with Gasteiger partial charge in [0.05, 0.1) is 12.4 Å². The van der Waals surface area contributed by atoms with Crippen LogP contribution < -0.4 is 5.32 Å². The second kappa shape index (κ2) is 8.68. The zero-order chi connectivity index (χ0) is 15.8. The molecule has 6 heteroatoms. The summed E-state index contributed by atoms with van der Waals surface area (Å²) in [6.45, 7) is 9.68. The smallest absolute Gasteiger partial charge is 0.274 e. The lowest BCUT2D eigenvalue weighted by atomic mass is 10.2. The number of carbonyl (C=O) groups excluding carboxylic acids is 1. The van der Waals surface area contributed by atoms with Gasteiger partial charge in [-0.2, -0.15) is 0 Å². The molecule has 2 heterocycles. The maximum Gasteiger partial charge on any atom is 0.274 e. The van der Waals surface area contributed by atoms with Crippen molar-refractivity contribution in [2.45, 2.75) is 33.1 Å². The highest BCUT2D eigenvalue weighted by molar-refractivity contribution is 5.92. The van der Waals surface area contributed by atoms with Crippen molar-refractivity contribution in [1.29, 1.82) is 0 Å². The molecule has 1 saturated heterocycles. The number of piperazine rings is 1. The molecule has 0 saturated carbocycles. The van der Waals surface area contributed by atoms with E-state index in [0.29, 0.717) is 5.69 Å². The minimum absolute atomic E-state index is 0.0132. The average Bonchev–Trinajstić information content (AvgIpc) is 2.59. The van der Waals surface area contributed by atoms with Gasteiger partial charge in [0.15, 0.2) is 0 Å². The quantitative estimate of drug-likeness (QED) is 0.779. The minimum atomic E-state index is -0.0132. The van der Waals surface area contributed by atoms with Crippen molar-refractivity contribution in [3.05, 3.63) is 18.1 Å². The first-order valence-corrected chi connectivity index (χ1v) is 8.32. The Kier molecular flexibility index (Phi) is 6.58. The lowest BCUT2D eigenvalue weighted by Gasteiger charge is -2.33. The van der Waals surface area contributed by atoms with E-state index in [1.165, 1.54) is 12.8 Å². The molecule has 2 rings (SSSR count). The lowest BCUT2D eigenvalue weighted by molar-refractivity contribution is 0.0637. The number of rotatable bonds is 7. The fourth-order valence-corrected chi connectivity index (χ4v) is 2.55. The molecule has 0 unspecified atom stereocenters. The van der Waals surface area contributed by atoms with Crippen LogP contribution in [0.25, 0.3) is 0 Å². The predicted octanol–water partition coefficient (Wildman–Crippen LogP) is 1.86. The van der Waals surface area contributed by atoms with E-state index in [1.54, 1.807) is 12.4 Å². The minimum Gasteiger partial charge on any atom is -0.369 e. The summed E-state index contributed by atoms with van der Waals surface area (Å²) < 4.78 is 0. The van der Waals surface area contributed by atoms with Gasteiger partial charge >= 0.3 is 0 Å². The van der Waals surface area contributed by atoms with Gasteiger partial charge in [0.25, 0.3) is 5.91 Å². The van der Waals surface area contributed by atoms with Crippen molar-refractivity contribution in [2.75, 3.05) is 44.6 Å². The molecule has 1 fully saturated rings. The first kappa shape index (κ1) is 16.7. The molecule has 0 radical (unpaired) electrons. The van der Waals surface area contributed by atoms with Crippen molar-refractivity contribution in [2.24, 2.45) is 0 Å². The van der Waals surface area contributed by atoms with Gasteiger partial charge in [-0.1, -0.05) is 26.7 Å². The number of anilines is 1. The summed E-state index contributed by atoms with van der Waals surface area (Å²) in [5, 5.41) is 3.23. The summed E-state index contributed by atoms with van der Waals surface area (Å²) in [7, 11) is 0. The van der Waals surface area contributed by atoms with Crippen LogP contribution in [0, 0.1) is 0 Å². The van der Waals surface area contributed by atoms with Crippen LogP contribution >= 0.6 is 0 Å². The van der Waals surface area contributed by atoms with Gasteiger partial charge in [-0.05, 0) is 13.0 Å². The molecule has 122 valence electrons. The van der Waals surface area contributed by atoms with Gasteiger partial charge in [-0.3, -0.25) is 4.79 Å². The molecule has 1 N–H and O–H groups in total. The monoisotopic (exact) mass is 305 g/mol. The van der Waals surface area contributed by atoms with E-state index >= 15 is 0 Å². The first-order valence-electron chi connectivity index (χ1n) is 8.32. The molecule has 0 atom stereocenters. The van der Waals surface area contributed by atoms with Gasteiger partial charge in [-0.15, -0.1) is 0 Å². The van der Waals surface area contributed by atoms with Crippen LogP contribution in [0.4, 0.5) is 5.82 Å². The fourth-order valence-electron chi connectivity index (χ4n) is 2.55. The van der Waals surface area contributed by atoms with Crippen LogP contribution in [0.5, 0.6) is 0 Å². The zero-order valence-electron chi connectivity index (χ0n) is 13.7. The van der Waals surface area contributed by atoms with Gasteiger partial charge in [0.2, 0.25) is 0 Å². The lowest BCUT2D eigenvalue weighted by Crippen LogP contribution is -2.48. The summed E-state index contributed by atoms with van der Waals surface area (Å²) >= 11 is 0. The highest BCUT2D eigenvalue weighted by Gasteiger charge is 2.22. The van der Waals surface area contributed by atoms with E-state index in [2.05, 4.69) is 34.0 Å². The summed E-state index contributed by atoms with van der Waals surface area (Å²) in [5.41, 5.74) is 0.434. The number of hydrogen-bond donors (Lipinski definition) is 1. The summed E-state index contributed by atoms with van der Waals surface area (Å²) in [4.78, 5) is 25.2. The molecular formula is C16H27N5O. The van der Waals surface area contributed by atoms with E-state index in [9.17, 15) is 4.79 Å². The van der Waals surface area contributed by atoms with E-state index in [-0.39, 0.29) is 5.91 Å². The van der Waals surface area contributed by atoms with Gasteiger partial charge in [-0.25, -0.2) is 9.97 Å². The predicted molar refractivity (Wildman–Crippen MR) is 88.1 cm³/mol. The number of nitrogens with zero attached hydrogens (tertiary/aromatic N) is 4. The zero-order valence-corrected chi connectivity index (χ0v) is 13.7. The fraction of sp³-hybridized carbons (Fsp3) is 0.688. The molecule has 0 spiro atoms. The number of hydrogen-bond acceptors (Lipinski definition) is 5. The SMILES string of the molecule is CCCCCNc1cnc(C(=O)N2CCN(CC)CC2)cn1.